The predicted octanol–water partition coefficient (Wildman–Crippen LogP) is 0.720. The summed E-state index contributed by atoms with van der Waals surface area (Å²) in [7, 11) is 0. The molecule has 0 spiro atoms. The molecule has 7 heteroatoms. The Bertz CT molecular complexity index is 467. The first-order valence-electron chi connectivity index (χ1n) is 6.42. The van der Waals surface area contributed by atoms with E-state index in [1.165, 1.54) is 0 Å². The van der Waals surface area contributed by atoms with Gasteiger partial charge in [-0.1, -0.05) is 19.0 Å². The number of aromatic nitrogens is 2. The van der Waals surface area contributed by atoms with E-state index in [9.17, 15) is 4.79 Å². The molecule has 1 aromatic heterocycles. The molecule has 0 fully saturated rings. The lowest BCUT2D eigenvalue weighted by Crippen LogP contribution is -2.44. The molecule has 0 aliphatic rings. The molecule has 1 rings (SSSR count). The van der Waals surface area contributed by atoms with Crippen LogP contribution in [0.4, 0.5) is 0 Å². The number of nitrogens with one attached hydrogen (secondary N) is 1. The first-order valence-corrected chi connectivity index (χ1v) is 6.42. The SMILES string of the molecule is CCc1cc(C(=O)NC(CC)C(N)=NO)n(CC)n1. The third-order valence-corrected chi connectivity index (χ3v) is 2.91. The highest BCUT2D eigenvalue weighted by Crippen LogP contribution is 2.06. The summed E-state index contributed by atoms with van der Waals surface area (Å²) >= 11 is 0. The molecule has 1 unspecified atom stereocenters. The van der Waals surface area contributed by atoms with Gasteiger partial charge in [-0.2, -0.15) is 5.10 Å². The second-order valence-electron chi connectivity index (χ2n) is 4.15. The molecule has 0 aliphatic carbocycles. The summed E-state index contributed by atoms with van der Waals surface area (Å²) in [4.78, 5) is 12.2. The van der Waals surface area contributed by atoms with Crippen LogP contribution in [0.3, 0.4) is 0 Å². The van der Waals surface area contributed by atoms with Crippen LogP contribution in [0.15, 0.2) is 11.2 Å². The summed E-state index contributed by atoms with van der Waals surface area (Å²) in [6, 6.07) is 1.28. The quantitative estimate of drug-likeness (QED) is 0.305. The van der Waals surface area contributed by atoms with Crippen LogP contribution in [0.2, 0.25) is 0 Å². The Labute approximate surface area is 112 Å². The smallest absolute Gasteiger partial charge is 0.270 e. The number of hydrogen-bond acceptors (Lipinski definition) is 4. The molecule has 106 valence electrons. The number of nitrogens with two attached hydrogens (primary N) is 1. The van der Waals surface area contributed by atoms with Crippen molar-refractivity contribution in [2.75, 3.05) is 0 Å². The number of carbonyl (C=O) groups is 1. The number of aryl methyl sites for hydroxylation is 2. The highest BCUT2D eigenvalue weighted by molar-refractivity contribution is 5.97. The first kappa shape index (κ1) is 15.0. The second kappa shape index (κ2) is 6.77. The highest BCUT2D eigenvalue weighted by atomic mass is 16.4. The molecule has 0 bridgehead atoms. The maximum Gasteiger partial charge on any atom is 0.270 e. The van der Waals surface area contributed by atoms with Crippen LogP contribution in [0.25, 0.3) is 0 Å². The van der Waals surface area contributed by atoms with E-state index in [1.807, 2.05) is 20.8 Å². The molecule has 19 heavy (non-hydrogen) atoms. The van der Waals surface area contributed by atoms with Gasteiger partial charge in [-0.05, 0) is 25.8 Å². The minimum Gasteiger partial charge on any atom is -0.409 e. The summed E-state index contributed by atoms with van der Waals surface area (Å²) in [5, 5.41) is 18.6. The van der Waals surface area contributed by atoms with Crippen molar-refractivity contribution in [3.05, 3.63) is 17.5 Å². The topological polar surface area (TPSA) is 106 Å². The number of amidine groups is 1. The monoisotopic (exact) mass is 267 g/mol. The van der Waals surface area contributed by atoms with Gasteiger partial charge in [-0.3, -0.25) is 9.48 Å². The molecule has 0 saturated heterocycles. The molecule has 0 radical (unpaired) electrons. The van der Waals surface area contributed by atoms with Crippen LogP contribution >= 0.6 is 0 Å². The fourth-order valence-electron chi connectivity index (χ4n) is 1.75. The standard InChI is InChI=1S/C12H21N5O2/c1-4-8-7-10(17(6-3)15-8)12(18)14-9(5-2)11(13)16-19/h7,9,19H,4-6H2,1-3H3,(H2,13,16)(H,14,18). The van der Waals surface area contributed by atoms with Gasteiger partial charge < -0.3 is 16.3 Å². The Morgan fingerprint density at radius 2 is 2.26 bits per heavy atom. The van der Waals surface area contributed by atoms with Gasteiger partial charge in [0.2, 0.25) is 0 Å². The lowest BCUT2D eigenvalue weighted by atomic mass is 10.2. The van der Waals surface area contributed by atoms with E-state index < -0.39 is 6.04 Å². The van der Waals surface area contributed by atoms with Gasteiger partial charge in [0.1, 0.15) is 5.69 Å². The van der Waals surface area contributed by atoms with Gasteiger partial charge in [0.05, 0.1) is 11.7 Å². The van der Waals surface area contributed by atoms with Crippen molar-refractivity contribution < 1.29 is 10.0 Å². The minimum atomic E-state index is -0.484. The third-order valence-electron chi connectivity index (χ3n) is 2.91. The van der Waals surface area contributed by atoms with E-state index in [2.05, 4.69) is 15.6 Å². The van der Waals surface area contributed by atoms with Gasteiger partial charge >= 0.3 is 0 Å². The molecule has 4 N–H and O–H groups in total. The molecule has 0 aromatic carbocycles. The van der Waals surface area contributed by atoms with E-state index in [-0.39, 0.29) is 11.7 Å². The van der Waals surface area contributed by atoms with Crippen molar-refractivity contribution in [3.63, 3.8) is 0 Å². The van der Waals surface area contributed by atoms with E-state index in [0.717, 1.165) is 12.1 Å². The third kappa shape index (κ3) is 3.46. The van der Waals surface area contributed by atoms with Gasteiger partial charge in [-0.15, -0.1) is 0 Å². The van der Waals surface area contributed by atoms with Crippen molar-refractivity contribution in [1.29, 1.82) is 0 Å². The van der Waals surface area contributed by atoms with E-state index >= 15 is 0 Å². The number of nitrogens with zero attached hydrogens (tertiary/aromatic N) is 3. The average Bonchev–Trinajstić information content (AvgIpc) is 2.87. The Hall–Kier alpha value is -2.05. The predicted molar refractivity (Wildman–Crippen MR) is 72.2 cm³/mol. The molecular weight excluding hydrogens is 246 g/mol. The molecule has 0 aliphatic heterocycles. The summed E-state index contributed by atoms with van der Waals surface area (Å²) in [6.45, 7) is 6.36. The Kier molecular flexibility index (Phi) is 5.35. The zero-order valence-electron chi connectivity index (χ0n) is 11.6. The summed E-state index contributed by atoms with van der Waals surface area (Å²) in [5.41, 5.74) is 6.87. The molecule has 0 saturated carbocycles. The number of hydrogen-bond donors (Lipinski definition) is 3. The molecular formula is C12H21N5O2. The number of carbonyl (C=O) groups excluding carboxylic acids is 1. The minimum absolute atomic E-state index is 0.00544. The molecule has 1 atom stereocenters. The fraction of sp³-hybridized carbons (Fsp3) is 0.583. The van der Waals surface area contributed by atoms with Crippen LogP contribution in [0, 0.1) is 0 Å². The van der Waals surface area contributed by atoms with Crippen LogP contribution in [0.5, 0.6) is 0 Å². The lowest BCUT2D eigenvalue weighted by molar-refractivity contribution is 0.0935. The van der Waals surface area contributed by atoms with E-state index in [0.29, 0.717) is 18.7 Å². The van der Waals surface area contributed by atoms with Crippen LogP contribution in [-0.2, 0) is 13.0 Å². The van der Waals surface area contributed by atoms with Gasteiger partial charge in [0.25, 0.3) is 5.91 Å². The maximum absolute atomic E-state index is 12.2. The molecule has 1 amide bonds. The number of amides is 1. The van der Waals surface area contributed by atoms with Gasteiger partial charge in [-0.25, -0.2) is 0 Å². The second-order valence-corrected chi connectivity index (χ2v) is 4.15. The van der Waals surface area contributed by atoms with Crippen molar-refractivity contribution in [3.8, 4) is 0 Å². The van der Waals surface area contributed by atoms with E-state index in [1.54, 1.807) is 10.7 Å². The van der Waals surface area contributed by atoms with Gasteiger partial charge in [0, 0.05) is 6.54 Å². The molecule has 1 heterocycles. The molecule has 7 nitrogen and oxygen atoms in total. The van der Waals surface area contributed by atoms with Crippen LogP contribution in [0.1, 0.15) is 43.4 Å². The van der Waals surface area contributed by atoms with Crippen molar-refractivity contribution in [2.45, 2.75) is 46.2 Å². The number of rotatable bonds is 6. The normalized spacial score (nSPS) is 13.3. The van der Waals surface area contributed by atoms with Crippen LogP contribution in [-0.4, -0.2) is 32.8 Å². The average molecular weight is 267 g/mol. The summed E-state index contributed by atoms with van der Waals surface area (Å²) in [5.74, 6) is -0.276. The first-order chi connectivity index (χ1) is 9.07. The van der Waals surface area contributed by atoms with Crippen molar-refractivity contribution in [1.82, 2.24) is 15.1 Å². The Balaban J connectivity index is 2.91. The number of oxime groups is 1. The maximum atomic E-state index is 12.2. The van der Waals surface area contributed by atoms with E-state index in [4.69, 9.17) is 10.9 Å². The lowest BCUT2D eigenvalue weighted by Gasteiger charge is -2.15. The Morgan fingerprint density at radius 1 is 1.58 bits per heavy atom. The summed E-state index contributed by atoms with van der Waals surface area (Å²) in [6.07, 6.45) is 1.31. The van der Waals surface area contributed by atoms with Crippen molar-refractivity contribution in [2.24, 2.45) is 10.9 Å². The summed E-state index contributed by atoms with van der Waals surface area (Å²) < 4.78 is 1.65. The van der Waals surface area contributed by atoms with Gasteiger partial charge in [0.15, 0.2) is 5.84 Å². The van der Waals surface area contributed by atoms with Crippen LogP contribution < -0.4 is 11.1 Å². The molecule has 1 aromatic rings. The van der Waals surface area contributed by atoms with Crippen molar-refractivity contribution >= 4 is 11.7 Å². The fourth-order valence-corrected chi connectivity index (χ4v) is 1.75. The zero-order valence-corrected chi connectivity index (χ0v) is 11.6. The zero-order chi connectivity index (χ0) is 14.4. The Morgan fingerprint density at radius 3 is 2.74 bits per heavy atom. The highest BCUT2D eigenvalue weighted by Gasteiger charge is 2.19. The largest absolute Gasteiger partial charge is 0.409 e.